The van der Waals surface area contributed by atoms with Gasteiger partial charge in [0.25, 0.3) is 5.91 Å². The predicted molar refractivity (Wildman–Crippen MR) is 112 cm³/mol. The Labute approximate surface area is 175 Å². The molecule has 2 heterocycles. The summed E-state index contributed by atoms with van der Waals surface area (Å²) >= 11 is 0. The molecule has 0 fully saturated rings. The third kappa shape index (κ3) is 3.63. The van der Waals surface area contributed by atoms with E-state index in [4.69, 9.17) is 9.47 Å². The van der Waals surface area contributed by atoms with Crippen molar-refractivity contribution in [2.45, 2.75) is 32.8 Å². The van der Waals surface area contributed by atoms with Gasteiger partial charge in [0.05, 0.1) is 17.9 Å². The lowest BCUT2D eigenvalue weighted by atomic mass is 10.0. The van der Waals surface area contributed by atoms with Gasteiger partial charge in [-0.2, -0.15) is 0 Å². The van der Waals surface area contributed by atoms with Crippen LogP contribution in [0.3, 0.4) is 0 Å². The van der Waals surface area contributed by atoms with Gasteiger partial charge >= 0.3 is 0 Å². The average Bonchev–Trinajstić information content (AvgIpc) is 2.76. The van der Waals surface area contributed by atoms with E-state index in [1.807, 2.05) is 31.2 Å². The third-order valence-corrected chi connectivity index (χ3v) is 5.29. The summed E-state index contributed by atoms with van der Waals surface area (Å²) < 4.78 is 11.3. The van der Waals surface area contributed by atoms with E-state index < -0.39 is 6.10 Å². The molecule has 7 nitrogen and oxygen atoms in total. The van der Waals surface area contributed by atoms with Crippen LogP contribution in [0.25, 0.3) is 0 Å². The summed E-state index contributed by atoms with van der Waals surface area (Å²) in [6.07, 6.45) is 0.452. The van der Waals surface area contributed by atoms with Crippen molar-refractivity contribution < 1.29 is 23.9 Å². The first kappa shape index (κ1) is 19.9. The zero-order valence-corrected chi connectivity index (χ0v) is 17.1. The molecule has 0 N–H and O–H groups in total. The summed E-state index contributed by atoms with van der Waals surface area (Å²) in [6, 6.07) is 12.4. The normalized spacial score (nSPS) is 17.5. The number of rotatable bonds is 5. The fourth-order valence-corrected chi connectivity index (χ4v) is 3.76. The summed E-state index contributed by atoms with van der Waals surface area (Å²) in [6.45, 7) is 4.26. The molecule has 2 amide bonds. The van der Waals surface area contributed by atoms with Crippen LogP contribution in [0, 0.1) is 0 Å². The Morgan fingerprint density at radius 3 is 2.70 bits per heavy atom. The molecule has 156 valence electrons. The van der Waals surface area contributed by atoms with Gasteiger partial charge in [-0.1, -0.05) is 19.1 Å². The number of nitrogens with zero attached hydrogens (tertiary/aromatic N) is 2. The van der Waals surface area contributed by atoms with Gasteiger partial charge < -0.3 is 14.4 Å². The van der Waals surface area contributed by atoms with Crippen molar-refractivity contribution >= 4 is 29.0 Å². The van der Waals surface area contributed by atoms with Crippen LogP contribution in [0.2, 0.25) is 0 Å². The first-order valence-electron chi connectivity index (χ1n) is 10.2. The van der Waals surface area contributed by atoms with E-state index in [9.17, 15) is 14.4 Å². The molecule has 2 aliphatic rings. The molecule has 4 rings (SSSR count). The number of para-hydroxylation sites is 2. The minimum absolute atomic E-state index is 0.000228. The Kier molecular flexibility index (Phi) is 5.44. The average molecular weight is 408 g/mol. The van der Waals surface area contributed by atoms with Crippen molar-refractivity contribution in [3.05, 3.63) is 48.0 Å². The lowest BCUT2D eigenvalue weighted by Crippen LogP contribution is -2.50. The number of carbonyl (C=O) groups is 3. The van der Waals surface area contributed by atoms with Crippen LogP contribution < -0.4 is 19.3 Å². The molecule has 7 heteroatoms. The zero-order chi connectivity index (χ0) is 21.3. The first-order valence-corrected chi connectivity index (χ1v) is 10.2. The standard InChI is InChI=1S/C23H24N2O5/c1-3-6-19(26)16-9-10-21-18(13-16)25(23(28)15(2)30-21)14-22(27)24-11-12-29-20-8-5-4-7-17(20)24/h4-5,7-10,13,15H,3,6,11-12,14H2,1-2H3. The SMILES string of the molecule is CCCC(=O)c1ccc2c(c1)N(CC(=O)N1CCOc3ccccc31)C(=O)C(C)O2. The van der Waals surface area contributed by atoms with Gasteiger partial charge in [0.15, 0.2) is 11.9 Å². The molecule has 2 aromatic rings. The van der Waals surface area contributed by atoms with E-state index >= 15 is 0 Å². The second-order valence-corrected chi connectivity index (χ2v) is 7.40. The van der Waals surface area contributed by atoms with Crippen molar-refractivity contribution in [2.75, 3.05) is 29.5 Å². The molecule has 0 saturated carbocycles. The van der Waals surface area contributed by atoms with Crippen molar-refractivity contribution in [1.82, 2.24) is 0 Å². The van der Waals surface area contributed by atoms with Crippen LogP contribution in [-0.2, 0) is 9.59 Å². The Bertz CT molecular complexity index is 1000. The molecule has 2 aliphatic heterocycles. The topological polar surface area (TPSA) is 76.2 Å². The van der Waals surface area contributed by atoms with Gasteiger partial charge in [-0.15, -0.1) is 0 Å². The van der Waals surface area contributed by atoms with Crippen LogP contribution in [-0.4, -0.2) is 43.4 Å². The van der Waals surface area contributed by atoms with Gasteiger partial charge in [0.1, 0.15) is 24.7 Å². The van der Waals surface area contributed by atoms with Crippen LogP contribution in [0.1, 0.15) is 37.0 Å². The molecule has 30 heavy (non-hydrogen) atoms. The Morgan fingerprint density at radius 1 is 1.10 bits per heavy atom. The van der Waals surface area contributed by atoms with Crippen LogP contribution in [0.4, 0.5) is 11.4 Å². The van der Waals surface area contributed by atoms with E-state index in [-0.39, 0.29) is 24.1 Å². The molecule has 1 atom stereocenters. The number of Topliss-reactive ketones (excluding diaryl/α,β-unsaturated/α-hetero) is 1. The quantitative estimate of drug-likeness (QED) is 0.710. The van der Waals surface area contributed by atoms with Crippen LogP contribution in [0.5, 0.6) is 11.5 Å². The third-order valence-electron chi connectivity index (χ3n) is 5.29. The van der Waals surface area contributed by atoms with E-state index in [0.717, 1.165) is 6.42 Å². The lowest BCUT2D eigenvalue weighted by Gasteiger charge is -2.35. The maximum Gasteiger partial charge on any atom is 0.268 e. The maximum atomic E-state index is 13.2. The first-order chi connectivity index (χ1) is 14.5. The predicted octanol–water partition coefficient (Wildman–Crippen LogP) is 3.21. The number of hydrogen-bond donors (Lipinski definition) is 0. The molecule has 2 aromatic carbocycles. The molecule has 0 bridgehead atoms. The highest BCUT2D eigenvalue weighted by molar-refractivity contribution is 6.08. The van der Waals surface area contributed by atoms with Crippen molar-refractivity contribution in [1.29, 1.82) is 0 Å². The summed E-state index contributed by atoms with van der Waals surface area (Å²) in [5, 5.41) is 0. The van der Waals surface area contributed by atoms with E-state index in [2.05, 4.69) is 0 Å². The summed E-state index contributed by atoms with van der Waals surface area (Å²) in [5.41, 5.74) is 1.65. The molecule has 0 aliphatic carbocycles. The Balaban J connectivity index is 1.64. The highest BCUT2D eigenvalue weighted by Gasteiger charge is 2.35. The van der Waals surface area contributed by atoms with Gasteiger partial charge in [-0.05, 0) is 43.7 Å². The monoisotopic (exact) mass is 408 g/mol. The minimum atomic E-state index is -0.709. The molecule has 0 aromatic heterocycles. The van der Waals surface area contributed by atoms with E-state index in [1.54, 1.807) is 30.0 Å². The second kappa shape index (κ2) is 8.18. The number of fused-ring (bicyclic) bond motifs is 2. The van der Waals surface area contributed by atoms with E-state index in [0.29, 0.717) is 48.0 Å². The summed E-state index contributed by atoms with van der Waals surface area (Å²) in [7, 11) is 0. The lowest BCUT2D eigenvalue weighted by molar-refractivity contribution is -0.127. The number of amides is 2. The summed E-state index contributed by atoms with van der Waals surface area (Å²) in [5.74, 6) is 0.610. The Hall–Kier alpha value is -3.35. The zero-order valence-electron chi connectivity index (χ0n) is 17.1. The van der Waals surface area contributed by atoms with Gasteiger partial charge in [0.2, 0.25) is 5.91 Å². The Morgan fingerprint density at radius 2 is 1.90 bits per heavy atom. The highest BCUT2D eigenvalue weighted by atomic mass is 16.5. The largest absolute Gasteiger partial charge is 0.490 e. The molecule has 0 spiro atoms. The van der Waals surface area contributed by atoms with Crippen LogP contribution >= 0.6 is 0 Å². The highest BCUT2D eigenvalue weighted by Crippen LogP contribution is 2.36. The van der Waals surface area contributed by atoms with Crippen molar-refractivity contribution in [2.24, 2.45) is 0 Å². The maximum absolute atomic E-state index is 13.2. The molecular formula is C23H24N2O5. The smallest absolute Gasteiger partial charge is 0.268 e. The number of hydrogen-bond acceptors (Lipinski definition) is 5. The molecule has 0 radical (unpaired) electrons. The molecular weight excluding hydrogens is 384 g/mol. The fraction of sp³-hybridized carbons (Fsp3) is 0.348. The van der Waals surface area contributed by atoms with Gasteiger partial charge in [0, 0.05) is 12.0 Å². The number of anilines is 2. The number of ether oxygens (including phenoxy) is 2. The second-order valence-electron chi connectivity index (χ2n) is 7.40. The van der Waals surface area contributed by atoms with Gasteiger partial charge in [-0.3, -0.25) is 19.3 Å². The van der Waals surface area contributed by atoms with Gasteiger partial charge in [-0.25, -0.2) is 0 Å². The van der Waals surface area contributed by atoms with Crippen molar-refractivity contribution in [3.63, 3.8) is 0 Å². The molecule has 0 saturated heterocycles. The summed E-state index contributed by atoms with van der Waals surface area (Å²) in [4.78, 5) is 41.5. The van der Waals surface area contributed by atoms with E-state index in [1.165, 1.54) is 4.90 Å². The fourth-order valence-electron chi connectivity index (χ4n) is 3.76. The van der Waals surface area contributed by atoms with Crippen molar-refractivity contribution in [3.8, 4) is 11.5 Å². The molecule has 1 unspecified atom stereocenters. The number of ketones is 1. The van der Waals surface area contributed by atoms with Crippen LogP contribution in [0.15, 0.2) is 42.5 Å². The number of carbonyl (C=O) groups excluding carboxylic acids is 3. The number of benzene rings is 2. The minimum Gasteiger partial charge on any atom is -0.490 e.